The minimum absolute atomic E-state index is 0.508. The van der Waals surface area contributed by atoms with Crippen LogP contribution in [0.25, 0.3) is 0 Å². The van der Waals surface area contributed by atoms with Gasteiger partial charge in [0, 0.05) is 11.4 Å². The highest BCUT2D eigenvalue weighted by Gasteiger charge is 1.93. The summed E-state index contributed by atoms with van der Waals surface area (Å²) in [6.45, 7) is 1.10. The highest BCUT2D eigenvalue weighted by Crippen LogP contribution is 2.15. The lowest BCUT2D eigenvalue weighted by molar-refractivity contribution is 0.122. The molecule has 2 N–H and O–H groups in total. The molecule has 0 aliphatic carbocycles. The van der Waals surface area contributed by atoms with Gasteiger partial charge in [-0.3, -0.25) is 0 Å². The Morgan fingerprint density at radius 1 is 1.15 bits per heavy atom. The SMILES string of the molecule is NOCCCOc1ccc(Cl)cc1. The van der Waals surface area contributed by atoms with Crippen LogP contribution in [0.15, 0.2) is 24.3 Å². The summed E-state index contributed by atoms with van der Waals surface area (Å²) >= 11 is 5.70. The third kappa shape index (κ3) is 4.12. The van der Waals surface area contributed by atoms with Crippen molar-refractivity contribution in [2.75, 3.05) is 13.2 Å². The molecule has 0 radical (unpaired) electrons. The maximum absolute atomic E-state index is 5.70. The van der Waals surface area contributed by atoms with Gasteiger partial charge in [0.15, 0.2) is 0 Å². The molecule has 1 rings (SSSR count). The van der Waals surface area contributed by atoms with E-state index < -0.39 is 0 Å². The molecule has 0 heterocycles. The molecule has 0 amide bonds. The van der Waals surface area contributed by atoms with Crippen molar-refractivity contribution in [2.24, 2.45) is 5.90 Å². The second-order valence-corrected chi connectivity index (χ2v) is 2.96. The van der Waals surface area contributed by atoms with Gasteiger partial charge >= 0.3 is 0 Å². The molecule has 1 aromatic carbocycles. The molecular formula is C9H12ClNO2. The predicted molar refractivity (Wildman–Crippen MR) is 51.7 cm³/mol. The fraction of sp³-hybridized carbons (Fsp3) is 0.333. The molecule has 3 nitrogen and oxygen atoms in total. The number of halogens is 1. The molecule has 0 aliphatic rings. The van der Waals surface area contributed by atoms with Gasteiger partial charge < -0.3 is 9.57 Å². The van der Waals surface area contributed by atoms with Crippen molar-refractivity contribution >= 4 is 11.6 Å². The van der Waals surface area contributed by atoms with Crippen LogP contribution in [0, 0.1) is 0 Å². The molecule has 0 spiro atoms. The van der Waals surface area contributed by atoms with Crippen LogP contribution in [0.4, 0.5) is 0 Å². The Balaban J connectivity index is 2.25. The van der Waals surface area contributed by atoms with Crippen molar-refractivity contribution in [1.29, 1.82) is 0 Å². The number of ether oxygens (including phenoxy) is 1. The zero-order valence-corrected chi connectivity index (χ0v) is 7.96. The molecule has 0 bridgehead atoms. The number of hydrogen-bond donors (Lipinski definition) is 1. The summed E-state index contributed by atoms with van der Waals surface area (Å²) in [4.78, 5) is 4.40. The van der Waals surface area contributed by atoms with E-state index in [9.17, 15) is 0 Å². The Kier molecular flexibility index (Phi) is 4.60. The summed E-state index contributed by atoms with van der Waals surface area (Å²) < 4.78 is 5.37. The van der Waals surface area contributed by atoms with Gasteiger partial charge in [-0.05, 0) is 24.3 Å². The van der Waals surface area contributed by atoms with Crippen LogP contribution in [0.2, 0.25) is 5.02 Å². The first-order valence-corrected chi connectivity index (χ1v) is 4.41. The lowest BCUT2D eigenvalue weighted by atomic mass is 10.3. The molecule has 0 unspecified atom stereocenters. The summed E-state index contributed by atoms with van der Waals surface area (Å²) in [5.41, 5.74) is 0. The minimum Gasteiger partial charge on any atom is -0.494 e. The van der Waals surface area contributed by atoms with Gasteiger partial charge in [-0.1, -0.05) is 11.6 Å². The fourth-order valence-electron chi connectivity index (χ4n) is 0.863. The molecule has 0 fully saturated rings. The average molecular weight is 202 g/mol. The highest BCUT2D eigenvalue weighted by atomic mass is 35.5. The van der Waals surface area contributed by atoms with Gasteiger partial charge in [0.05, 0.1) is 13.2 Å². The monoisotopic (exact) mass is 201 g/mol. The predicted octanol–water partition coefficient (Wildman–Crippen LogP) is 2.00. The van der Waals surface area contributed by atoms with Crippen molar-refractivity contribution in [1.82, 2.24) is 0 Å². The Labute approximate surface area is 82.4 Å². The minimum atomic E-state index is 0.508. The molecular weight excluding hydrogens is 190 g/mol. The van der Waals surface area contributed by atoms with Gasteiger partial charge in [-0.25, -0.2) is 5.90 Å². The first kappa shape index (κ1) is 10.3. The molecule has 0 saturated heterocycles. The van der Waals surface area contributed by atoms with E-state index in [1.54, 1.807) is 12.1 Å². The second-order valence-electron chi connectivity index (χ2n) is 2.53. The lowest BCUT2D eigenvalue weighted by Gasteiger charge is -2.04. The average Bonchev–Trinajstić information content (AvgIpc) is 2.15. The molecule has 0 aromatic heterocycles. The van der Waals surface area contributed by atoms with E-state index in [0.717, 1.165) is 12.2 Å². The summed E-state index contributed by atoms with van der Waals surface area (Å²) in [6, 6.07) is 7.23. The van der Waals surface area contributed by atoms with Gasteiger partial charge in [0.2, 0.25) is 0 Å². The fourth-order valence-corrected chi connectivity index (χ4v) is 0.989. The van der Waals surface area contributed by atoms with E-state index >= 15 is 0 Å². The lowest BCUT2D eigenvalue weighted by Crippen LogP contribution is -2.06. The third-order valence-electron chi connectivity index (χ3n) is 1.49. The van der Waals surface area contributed by atoms with Crippen molar-refractivity contribution in [3.05, 3.63) is 29.3 Å². The largest absolute Gasteiger partial charge is 0.494 e. The third-order valence-corrected chi connectivity index (χ3v) is 1.74. The molecule has 0 saturated carbocycles. The van der Waals surface area contributed by atoms with Gasteiger partial charge in [0.25, 0.3) is 0 Å². The smallest absolute Gasteiger partial charge is 0.119 e. The second kappa shape index (κ2) is 5.80. The maximum Gasteiger partial charge on any atom is 0.119 e. The number of nitrogens with two attached hydrogens (primary N) is 1. The zero-order chi connectivity index (χ0) is 9.52. The molecule has 1 aromatic rings. The van der Waals surface area contributed by atoms with Crippen LogP contribution in [-0.2, 0) is 4.84 Å². The Morgan fingerprint density at radius 2 is 1.85 bits per heavy atom. The molecule has 72 valence electrons. The van der Waals surface area contributed by atoms with E-state index in [4.69, 9.17) is 22.2 Å². The summed E-state index contributed by atoms with van der Waals surface area (Å²) in [7, 11) is 0. The van der Waals surface area contributed by atoms with E-state index in [1.165, 1.54) is 0 Å². The first-order valence-electron chi connectivity index (χ1n) is 4.03. The van der Waals surface area contributed by atoms with E-state index in [2.05, 4.69) is 4.84 Å². The summed E-state index contributed by atoms with van der Waals surface area (Å²) in [6.07, 6.45) is 0.777. The number of benzene rings is 1. The maximum atomic E-state index is 5.70. The first-order chi connectivity index (χ1) is 6.33. The van der Waals surface area contributed by atoms with Crippen LogP contribution in [0.3, 0.4) is 0 Å². The molecule has 4 heteroatoms. The van der Waals surface area contributed by atoms with Crippen LogP contribution in [-0.4, -0.2) is 13.2 Å². The molecule has 0 aliphatic heterocycles. The van der Waals surface area contributed by atoms with Gasteiger partial charge in [-0.15, -0.1) is 0 Å². The van der Waals surface area contributed by atoms with Crippen molar-refractivity contribution in [3.8, 4) is 5.75 Å². The van der Waals surface area contributed by atoms with E-state index in [1.807, 2.05) is 12.1 Å². The molecule has 13 heavy (non-hydrogen) atoms. The standard InChI is InChI=1S/C9H12ClNO2/c10-8-2-4-9(5-3-8)12-6-1-7-13-11/h2-5H,1,6-7,11H2. The zero-order valence-electron chi connectivity index (χ0n) is 7.20. The van der Waals surface area contributed by atoms with Crippen LogP contribution in [0.5, 0.6) is 5.75 Å². The van der Waals surface area contributed by atoms with Crippen LogP contribution < -0.4 is 10.6 Å². The van der Waals surface area contributed by atoms with E-state index in [0.29, 0.717) is 18.2 Å². The normalized spacial score (nSPS) is 10.0. The number of hydrogen-bond acceptors (Lipinski definition) is 3. The number of rotatable bonds is 5. The quantitative estimate of drug-likeness (QED) is 0.586. The van der Waals surface area contributed by atoms with Crippen molar-refractivity contribution in [3.63, 3.8) is 0 Å². The molecule has 0 atom stereocenters. The van der Waals surface area contributed by atoms with Crippen LogP contribution in [0.1, 0.15) is 6.42 Å². The Bertz CT molecular complexity index is 238. The van der Waals surface area contributed by atoms with Crippen molar-refractivity contribution in [2.45, 2.75) is 6.42 Å². The summed E-state index contributed by atoms with van der Waals surface area (Å²) in [5, 5.41) is 0.706. The Hall–Kier alpha value is -0.770. The topological polar surface area (TPSA) is 44.5 Å². The highest BCUT2D eigenvalue weighted by molar-refractivity contribution is 6.30. The van der Waals surface area contributed by atoms with Crippen LogP contribution >= 0.6 is 11.6 Å². The Morgan fingerprint density at radius 3 is 2.46 bits per heavy atom. The van der Waals surface area contributed by atoms with Gasteiger partial charge in [0.1, 0.15) is 5.75 Å². The summed E-state index contributed by atoms with van der Waals surface area (Å²) in [5.74, 6) is 5.66. The van der Waals surface area contributed by atoms with Gasteiger partial charge in [-0.2, -0.15) is 0 Å². The van der Waals surface area contributed by atoms with Crippen molar-refractivity contribution < 1.29 is 9.57 Å². The van der Waals surface area contributed by atoms with E-state index in [-0.39, 0.29) is 0 Å².